The molecule has 2 aromatic carbocycles. The number of methoxy groups -OCH3 is 5. The second kappa shape index (κ2) is 18.8. The first kappa shape index (κ1) is 31.9. The molecule has 0 unspecified atom stereocenters. The molecule has 8 nitrogen and oxygen atoms in total. The van der Waals surface area contributed by atoms with Crippen LogP contribution in [0.5, 0.6) is 28.7 Å². The van der Waals surface area contributed by atoms with Crippen LogP contribution in [-0.4, -0.2) is 54.5 Å². The van der Waals surface area contributed by atoms with E-state index in [1.807, 2.05) is 60.8 Å². The molecular formula is C32H42N2O6. The van der Waals surface area contributed by atoms with E-state index >= 15 is 0 Å². The van der Waals surface area contributed by atoms with Crippen molar-refractivity contribution >= 4 is 18.1 Å². The number of carbonyl (C=O) groups excluding carboxylic acids is 1. The molecule has 0 saturated heterocycles. The van der Waals surface area contributed by atoms with Crippen LogP contribution in [0.25, 0.3) is 12.2 Å². The predicted octanol–water partition coefficient (Wildman–Crippen LogP) is 5.79. The van der Waals surface area contributed by atoms with Crippen LogP contribution in [-0.2, 0) is 4.79 Å². The second-order valence-corrected chi connectivity index (χ2v) is 8.67. The Morgan fingerprint density at radius 2 is 1.25 bits per heavy atom. The largest absolute Gasteiger partial charge is 0.493 e. The van der Waals surface area contributed by atoms with Crippen LogP contribution in [0.4, 0.5) is 0 Å². The highest BCUT2D eigenvalue weighted by Gasteiger charge is 2.11. The normalized spacial score (nSPS) is 11.4. The molecule has 8 heteroatoms. The van der Waals surface area contributed by atoms with Crippen molar-refractivity contribution in [2.75, 3.05) is 48.6 Å². The number of allylic oxidation sites excluding steroid dienone is 4. The van der Waals surface area contributed by atoms with E-state index < -0.39 is 0 Å². The summed E-state index contributed by atoms with van der Waals surface area (Å²) in [6.07, 6.45) is 19.0. The van der Waals surface area contributed by atoms with Crippen molar-refractivity contribution in [1.82, 2.24) is 10.6 Å². The molecule has 0 saturated carbocycles. The smallest absolute Gasteiger partial charge is 0.243 e. The number of benzene rings is 2. The van der Waals surface area contributed by atoms with Crippen molar-refractivity contribution in [3.63, 3.8) is 0 Å². The molecule has 216 valence electrons. The monoisotopic (exact) mass is 550 g/mol. The first-order valence-corrected chi connectivity index (χ1v) is 13.3. The molecule has 2 N–H and O–H groups in total. The van der Waals surface area contributed by atoms with E-state index in [0.29, 0.717) is 35.3 Å². The van der Waals surface area contributed by atoms with E-state index in [2.05, 4.69) is 10.6 Å². The summed E-state index contributed by atoms with van der Waals surface area (Å²) in [6.45, 7) is 1.57. The van der Waals surface area contributed by atoms with Gasteiger partial charge in [-0.1, -0.05) is 49.3 Å². The molecule has 0 heterocycles. The third-order valence-electron chi connectivity index (χ3n) is 5.90. The number of carbonyl (C=O) groups is 1. The third-order valence-corrected chi connectivity index (χ3v) is 5.90. The van der Waals surface area contributed by atoms with Crippen LogP contribution in [0.3, 0.4) is 0 Å². The van der Waals surface area contributed by atoms with Crippen molar-refractivity contribution in [3.8, 4) is 28.7 Å². The van der Waals surface area contributed by atoms with Crippen LogP contribution in [0.15, 0.2) is 66.9 Å². The zero-order valence-electron chi connectivity index (χ0n) is 24.2. The van der Waals surface area contributed by atoms with Gasteiger partial charge in [-0.3, -0.25) is 4.79 Å². The summed E-state index contributed by atoms with van der Waals surface area (Å²) in [5, 5.41) is 6.22. The Morgan fingerprint density at radius 3 is 1.90 bits per heavy atom. The van der Waals surface area contributed by atoms with Gasteiger partial charge in [0.2, 0.25) is 11.7 Å². The van der Waals surface area contributed by atoms with Crippen molar-refractivity contribution in [3.05, 3.63) is 78.0 Å². The average molecular weight is 551 g/mol. The average Bonchev–Trinajstić information content (AvgIpc) is 2.98. The van der Waals surface area contributed by atoms with Crippen molar-refractivity contribution < 1.29 is 28.5 Å². The van der Waals surface area contributed by atoms with E-state index in [9.17, 15) is 4.79 Å². The van der Waals surface area contributed by atoms with Gasteiger partial charge >= 0.3 is 0 Å². The summed E-state index contributed by atoms with van der Waals surface area (Å²) in [5.74, 6) is 3.02. The molecule has 0 aliphatic heterocycles. The van der Waals surface area contributed by atoms with Gasteiger partial charge in [-0.25, -0.2) is 0 Å². The molecule has 2 aromatic rings. The molecular weight excluding hydrogens is 508 g/mol. The topological polar surface area (TPSA) is 87.3 Å². The summed E-state index contributed by atoms with van der Waals surface area (Å²) in [5.41, 5.74) is 1.91. The van der Waals surface area contributed by atoms with Crippen molar-refractivity contribution in [2.45, 2.75) is 25.7 Å². The Morgan fingerprint density at radius 1 is 0.650 bits per heavy atom. The molecule has 1 amide bonds. The fourth-order valence-corrected chi connectivity index (χ4v) is 3.81. The van der Waals surface area contributed by atoms with E-state index in [1.165, 1.54) is 6.08 Å². The van der Waals surface area contributed by atoms with Gasteiger partial charge < -0.3 is 34.3 Å². The van der Waals surface area contributed by atoms with Crippen molar-refractivity contribution in [2.24, 2.45) is 0 Å². The quantitative estimate of drug-likeness (QED) is 0.138. The maximum absolute atomic E-state index is 12.0. The van der Waals surface area contributed by atoms with E-state index in [4.69, 9.17) is 23.7 Å². The van der Waals surface area contributed by atoms with Gasteiger partial charge in [-0.2, -0.15) is 0 Å². The standard InChI is InChI=1S/C32H42N2O6/c1-36-27-18-17-25(22-28(27)37-2)14-10-13-20-33-19-11-6-7-12-21-34-31(35)16-9-8-15-26-23-29(38-3)32(40-5)30(24-26)39-4/h8-10,13-18,20,22-24,33H,6-7,11-12,19,21H2,1-5H3,(H,34,35)/b14-10+,15-8+,16-9+,20-13+. The SMILES string of the molecule is COc1ccc(/C=C/C=C/NCCCCCCNC(=O)/C=C/C=C/c2cc(OC)c(OC)c(OC)c2)cc1OC. The zero-order valence-corrected chi connectivity index (χ0v) is 24.2. The Hall–Kier alpha value is -4.33. The molecule has 0 aliphatic carbocycles. The summed E-state index contributed by atoms with van der Waals surface area (Å²) in [6, 6.07) is 9.50. The Labute approximate surface area is 238 Å². The van der Waals surface area contributed by atoms with Gasteiger partial charge in [0, 0.05) is 19.2 Å². The highest BCUT2D eigenvalue weighted by Crippen LogP contribution is 2.38. The Kier molecular flexibility index (Phi) is 15.0. The molecule has 0 atom stereocenters. The Balaban J connectivity index is 1.56. The number of rotatable bonds is 18. The minimum atomic E-state index is -0.109. The fraction of sp³-hybridized carbons (Fsp3) is 0.344. The predicted molar refractivity (Wildman–Crippen MR) is 161 cm³/mol. The molecule has 0 spiro atoms. The van der Waals surface area contributed by atoms with Crippen LogP contribution >= 0.6 is 0 Å². The summed E-state index contributed by atoms with van der Waals surface area (Å²) in [4.78, 5) is 12.0. The van der Waals surface area contributed by atoms with Crippen LogP contribution in [0.2, 0.25) is 0 Å². The maximum Gasteiger partial charge on any atom is 0.243 e. The number of unbranched alkanes of at least 4 members (excludes halogenated alkanes) is 3. The lowest BCUT2D eigenvalue weighted by atomic mass is 10.1. The Bertz CT molecular complexity index is 1140. The summed E-state index contributed by atoms with van der Waals surface area (Å²) in [7, 11) is 7.97. The lowest BCUT2D eigenvalue weighted by Crippen LogP contribution is -2.22. The van der Waals surface area contributed by atoms with Gasteiger partial charge in [0.25, 0.3) is 0 Å². The first-order chi connectivity index (χ1) is 19.6. The highest BCUT2D eigenvalue weighted by molar-refractivity contribution is 5.87. The number of hydrogen-bond acceptors (Lipinski definition) is 7. The highest BCUT2D eigenvalue weighted by atomic mass is 16.5. The van der Waals surface area contributed by atoms with E-state index in [0.717, 1.165) is 43.4 Å². The fourth-order valence-electron chi connectivity index (χ4n) is 3.81. The van der Waals surface area contributed by atoms with Crippen molar-refractivity contribution in [1.29, 1.82) is 0 Å². The van der Waals surface area contributed by atoms with Gasteiger partial charge in [-0.05, 0) is 60.5 Å². The van der Waals surface area contributed by atoms with Gasteiger partial charge in [0.05, 0.1) is 35.5 Å². The van der Waals surface area contributed by atoms with E-state index in [-0.39, 0.29) is 5.91 Å². The molecule has 2 rings (SSSR count). The summed E-state index contributed by atoms with van der Waals surface area (Å²) >= 11 is 0. The maximum atomic E-state index is 12.0. The second-order valence-electron chi connectivity index (χ2n) is 8.67. The zero-order chi connectivity index (χ0) is 29.0. The van der Waals surface area contributed by atoms with Crippen LogP contribution in [0.1, 0.15) is 36.8 Å². The molecule has 40 heavy (non-hydrogen) atoms. The van der Waals surface area contributed by atoms with Gasteiger partial charge in [-0.15, -0.1) is 0 Å². The van der Waals surface area contributed by atoms with E-state index in [1.54, 1.807) is 47.7 Å². The number of nitrogens with one attached hydrogen (secondary N) is 2. The number of ether oxygens (including phenoxy) is 5. The minimum absolute atomic E-state index is 0.109. The molecule has 0 radical (unpaired) electrons. The number of amides is 1. The lowest BCUT2D eigenvalue weighted by Gasteiger charge is -2.12. The minimum Gasteiger partial charge on any atom is -0.493 e. The van der Waals surface area contributed by atoms with Crippen LogP contribution < -0.4 is 34.3 Å². The molecule has 0 fully saturated rings. The number of hydrogen-bond donors (Lipinski definition) is 2. The molecule has 0 aliphatic rings. The van der Waals surface area contributed by atoms with Gasteiger partial charge in [0.1, 0.15) is 0 Å². The lowest BCUT2D eigenvalue weighted by molar-refractivity contribution is -0.116. The molecule has 0 aromatic heterocycles. The van der Waals surface area contributed by atoms with Gasteiger partial charge in [0.15, 0.2) is 23.0 Å². The first-order valence-electron chi connectivity index (χ1n) is 13.3. The summed E-state index contributed by atoms with van der Waals surface area (Å²) < 4.78 is 26.6. The third kappa shape index (κ3) is 11.2. The molecule has 0 bridgehead atoms. The van der Waals surface area contributed by atoms with Crippen LogP contribution in [0, 0.1) is 0 Å².